The molecule has 15 heteroatoms. The molecule has 5 saturated heterocycles. The lowest BCUT2D eigenvalue weighted by Gasteiger charge is -2.39. The minimum atomic E-state index is -0.550. The van der Waals surface area contributed by atoms with Gasteiger partial charge in [0.05, 0.1) is 11.9 Å². The summed E-state index contributed by atoms with van der Waals surface area (Å²) in [5, 5.41) is 19.8. The van der Waals surface area contributed by atoms with Gasteiger partial charge < -0.3 is 35.2 Å². The maximum Gasteiger partial charge on any atom is 0.319 e. The van der Waals surface area contributed by atoms with Crippen molar-refractivity contribution in [2.75, 3.05) is 90.0 Å². The van der Waals surface area contributed by atoms with Gasteiger partial charge >= 0.3 is 6.01 Å². The zero-order chi connectivity index (χ0) is 45.4. The summed E-state index contributed by atoms with van der Waals surface area (Å²) >= 11 is 0. The topological polar surface area (TPSA) is 143 Å². The smallest absolute Gasteiger partial charge is 0.319 e. The van der Waals surface area contributed by atoms with Gasteiger partial charge in [-0.25, -0.2) is 4.39 Å². The van der Waals surface area contributed by atoms with Gasteiger partial charge in [-0.05, 0) is 105 Å². The number of aryl methyl sites for hydroxylation is 1. The molecule has 5 aliphatic heterocycles. The van der Waals surface area contributed by atoms with Gasteiger partial charge in [-0.3, -0.25) is 24.4 Å². The summed E-state index contributed by atoms with van der Waals surface area (Å²) in [5.74, 6) is 0.730. The number of carbonyl (C=O) groups is 2. The number of anilines is 1. The molecule has 4 atom stereocenters. The van der Waals surface area contributed by atoms with E-state index in [1.807, 2.05) is 43.9 Å². The molecular formula is C50H69FN10O4. The fourth-order valence-electron chi connectivity index (χ4n) is 11.1. The van der Waals surface area contributed by atoms with E-state index in [0.29, 0.717) is 47.9 Å². The number of nitrogens with zero attached hydrogens (tertiary/aromatic N) is 8. The van der Waals surface area contributed by atoms with Crippen LogP contribution in [0.4, 0.5) is 10.2 Å². The molecule has 0 spiro atoms. The third-order valence-corrected chi connectivity index (χ3v) is 14.8. The first kappa shape index (κ1) is 45.5. The molecule has 3 N–H and O–H groups in total. The molecule has 350 valence electrons. The first-order valence-corrected chi connectivity index (χ1v) is 24.3. The molecule has 9 rings (SSSR count). The summed E-state index contributed by atoms with van der Waals surface area (Å²) in [6.07, 6.45) is 8.89. The average Bonchev–Trinajstić information content (AvgIpc) is 3.88. The van der Waals surface area contributed by atoms with E-state index < -0.39 is 11.9 Å². The molecule has 2 amide bonds. The van der Waals surface area contributed by atoms with Crippen molar-refractivity contribution in [3.05, 3.63) is 47.9 Å². The lowest BCUT2D eigenvalue weighted by Crippen LogP contribution is -2.57. The van der Waals surface area contributed by atoms with Crippen molar-refractivity contribution in [2.24, 2.45) is 11.3 Å². The van der Waals surface area contributed by atoms with Crippen LogP contribution in [-0.4, -0.2) is 161 Å². The number of hydrogen-bond donors (Lipinski definition) is 3. The lowest BCUT2D eigenvalue weighted by molar-refractivity contribution is -0.140. The van der Waals surface area contributed by atoms with Crippen LogP contribution in [0.1, 0.15) is 78.7 Å². The normalized spacial score (nSPS) is 23.1. The Morgan fingerprint density at radius 2 is 1.69 bits per heavy atom. The lowest BCUT2D eigenvalue weighted by atomic mass is 9.85. The Balaban J connectivity index is 0.795. The van der Waals surface area contributed by atoms with Crippen LogP contribution in [0.25, 0.3) is 32.9 Å². The highest BCUT2D eigenvalue weighted by Crippen LogP contribution is 2.39. The summed E-state index contributed by atoms with van der Waals surface area (Å²) in [5.41, 5.74) is 1.54. The van der Waals surface area contributed by atoms with E-state index in [1.165, 1.54) is 0 Å². The van der Waals surface area contributed by atoms with E-state index in [0.717, 1.165) is 133 Å². The van der Waals surface area contributed by atoms with Gasteiger partial charge in [0.2, 0.25) is 11.8 Å². The Bertz CT molecular complexity index is 2350. The highest BCUT2D eigenvalue weighted by atomic mass is 19.1. The van der Waals surface area contributed by atoms with Crippen LogP contribution < -0.4 is 20.3 Å². The van der Waals surface area contributed by atoms with Gasteiger partial charge in [0, 0.05) is 88.8 Å². The number of piperazine rings is 2. The van der Waals surface area contributed by atoms with E-state index in [-0.39, 0.29) is 46.2 Å². The van der Waals surface area contributed by atoms with Crippen LogP contribution in [0.2, 0.25) is 0 Å². The average molecular weight is 893 g/mol. The summed E-state index contributed by atoms with van der Waals surface area (Å²) in [6.45, 7) is 20.5. The summed E-state index contributed by atoms with van der Waals surface area (Å²) < 4.78 is 23.3. The van der Waals surface area contributed by atoms with Gasteiger partial charge in [-0.1, -0.05) is 45.9 Å². The number of amides is 2. The zero-order valence-electron chi connectivity index (χ0n) is 39.1. The Morgan fingerprint density at radius 3 is 2.38 bits per heavy atom. The molecule has 2 bridgehead atoms. The Hall–Kier alpha value is -4.70. The number of pyridine rings is 1. The van der Waals surface area contributed by atoms with Gasteiger partial charge in [-0.2, -0.15) is 9.97 Å². The fourth-order valence-corrected chi connectivity index (χ4v) is 11.1. The molecule has 0 saturated carbocycles. The number of aromatic nitrogens is 3. The molecule has 2 aromatic heterocycles. The second-order valence-electron chi connectivity index (χ2n) is 20.5. The molecule has 7 heterocycles. The maximum absolute atomic E-state index is 17.0. The van der Waals surface area contributed by atoms with E-state index in [9.17, 15) is 14.7 Å². The molecule has 4 aromatic rings. The number of aromatic hydroxyl groups is 1. The molecule has 5 fully saturated rings. The Kier molecular flexibility index (Phi) is 13.5. The third-order valence-electron chi connectivity index (χ3n) is 14.8. The summed E-state index contributed by atoms with van der Waals surface area (Å²) in [6, 6.07) is 9.80. The van der Waals surface area contributed by atoms with Gasteiger partial charge in [0.15, 0.2) is 5.82 Å². The van der Waals surface area contributed by atoms with Crippen LogP contribution >= 0.6 is 0 Å². The Labute approximate surface area is 383 Å². The fraction of sp³-hybridized carbons (Fsp3) is 0.620. The molecular weight excluding hydrogens is 824 g/mol. The number of phenolic OH excluding ortho intramolecular Hbond substituents is 1. The zero-order valence-corrected chi connectivity index (χ0v) is 39.1. The molecule has 4 unspecified atom stereocenters. The summed E-state index contributed by atoms with van der Waals surface area (Å²) in [4.78, 5) is 52.5. The minimum Gasteiger partial charge on any atom is -0.508 e. The van der Waals surface area contributed by atoms with Crippen molar-refractivity contribution in [1.82, 2.24) is 45.2 Å². The van der Waals surface area contributed by atoms with E-state index in [2.05, 4.69) is 44.1 Å². The van der Waals surface area contributed by atoms with Crippen molar-refractivity contribution >= 4 is 39.3 Å². The van der Waals surface area contributed by atoms with E-state index in [1.54, 1.807) is 18.3 Å². The molecule has 0 radical (unpaired) electrons. The van der Waals surface area contributed by atoms with Gasteiger partial charge in [0.1, 0.15) is 35.4 Å². The van der Waals surface area contributed by atoms with Crippen molar-refractivity contribution in [3.8, 4) is 23.0 Å². The predicted molar refractivity (Wildman–Crippen MR) is 253 cm³/mol. The van der Waals surface area contributed by atoms with Crippen LogP contribution in [0.15, 0.2) is 36.5 Å². The molecule has 65 heavy (non-hydrogen) atoms. The number of carbonyl (C=O) groups excluding carboxylic acids is 2. The number of phenols is 1. The second kappa shape index (κ2) is 19.3. The first-order chi connectivity index (χ1) is 31.3. The largest absolute Gasteiger partial charge is 0.508 e. The number of piperidine rings is 1. The predicted octanol–water partition coefficient (Wildman–Crippen LogP) is 5.44. The van der Waals surface area contributed by atoms with Crippen LogP contribution in [-0.2, 0) is 16.0 Å². The second-order valence-corrected chi connectivity index (χ2v) is 20.5. The maximum atomic E-state index is 17.0. The number of fused-ring (bicyclic) bond motifs is 4. The first-order valence-electron chi connectivity index (χ1n) is 24.3. The monoisotopic (exact) mass is 893 g/mol. The summed E-state index contributed by atoms with van der Waals surface area (Å²) in [7, 11) is 0. The van der Waals surface area contributed by atoms with Crippen LogP contribution in [0.5, 0.6) is 11.8 Å². The van der Waals surface area contributed by atoms with Crippen LogP contribution in [0.3, 0.4) is 0 Å². The third kappa shape index (κ3) is 10.0. The number of nitrogens with one attached hydrogen (secondary N) is 2. The number of rotatable bonds is 13. The highest BCUT2D eigenvalue weighted by Gasteiger charge is 2.39. The standard InChI is InChI=1S/C50H69FN10O4/c1-6-34-10-7-11-35-25-38(62)26-39(42(34)35)44-43(51)45-40(27-52-44)47(60-29-36-12-13-37(30-60)53-36)56-49(55-45)65-24-23-57-17-14-33(15-18-57)28-58-19-21-59(22-20-58)31-41(63)54-46(50(3,4)5)48(64)61-16-8-9-32(61)2/h7,10-11,25-27,32-33,36-37,46,53,62H,6,8-9,12-24,28-31H2,1-5H3,(H,54,63). The number of benzene rings is 2. The van der Waals surface area contributed by atoms with Gasteiger partial charge in [0.25, 0.3) is 0 Å². The molecule has 5 aliphatic rings. The SMILES string of the molecule is CCc1cccc2cc(O)cc(-c3ncc4c(N5CC6CCC(C5)N6)nc(OCCN5CCC(CN6CCN(CC(=O)NC(C(=O)N7CCCC7C)C(C)(C)C)CC6)CC5)nc4c3F)c12. The number of hydrogen-bond acceptors (Lipinski definition) is 12. The molecule has 0 aliphatic carbocycles. The van der Waals surface area contributed by atoms with E-state index >= 15 is 4.39 Å². The number of halogens is 1. The van der Waals surface area contributed by atoms with Crippen molar-refractivity contribution in [2.45, 2.75) is 104 Å². The number of likely N-dealkylation sites (tertiary alicyclic amines) is 2. The van der Waals surface area contributed by atoms with Crippen LogP contribution in [0, 0.1) is 17.2 Å². The number of ether oxygens (including phenoxy) is 1. The molecule has 2 aromatic carbocycles. The van der Waals surface area contributed by atoms with Crippen molar-refractivity contribution in [3.63, 3.8) is 0 Å². The quantitative estimate of drug-likeness (QED) is 0.157. The molecule has 14 nitrogen and oxygen atoms in total. The van der Waals surface area contributed by atoms with Crippen molar-refractivity contribution in [1.29, 1.82) is 0 Å². The van der Waals surface area contributed by atoms with E-state index in [4.69, 9.17) is 19.7 Å². The van der Waals surface area contributed by atoms with Gasteiger partial charge in [-0.15, -0.1) is 0 Å². The highest BCUT2D eigenvalue weighted by molar-refractivity contribution is 6.01. The van der Waals surface area contributed by atoms with Crippen molar-refractivity contribution < 1.29 is 23.8 Å². The Morgan fingerprint density at radius 1 is 0.954 bits per heavy atom. The minimum absolute atomic E-state index is 0.0416.